The van der Waals surface area contributed by atoms with Crippen molar-refractivity contribution in [1.82, 2.24) is 0 Å². The van der Waals surface area contributed by atoms with Gasteiger partial charge in [-0.05, 0) is 25.5 Å². The number of hydrogen-bond acceptors (Lipinski definition) is 3. The molecule has 2 atom stereocenters. The van der Waals surface area contributed by atoms with E-state index in [0.717, 1.165) is 5.71 Å². The lowest BCUT2D eigenvalue weighted by molar-refractivity contribution is 0.0879. The maximum atomic E-state index is 9.97. The second-order valence-electron chi connectivity index (χ2n) is 5.69. The van der Waals surface area contributed by atoms with Crippen molar-refractivity contribution in [3.63, 3.8) is 0 Å². The van der Waals surface area contributed by atoms with E-state index in [0.29, 0.717) is 12.3 Å². The molecule has 1 aromatic carbocycles. The molecule has 0 aliphatic carbocycles. The van der Waals surface area contributed by atoms with Crippen LogP contribution in [0.15, 0.2) is 41.5 Å². The van der Waals surface area contributed by atoms with Crippen LogP contribution in [0.25, 0.3) is 0 Å². The molecule has 1 aromatic rings. The third-order valence-electron chi connectivity index (χ3n) is 3.50. The predicted octanol–water partition coefficient (Wildman–Crippen LogP) is 3.12. The number of para-hydroxylation sites is 1. The molecule has 3 nitrogen and oxygen atoms in total. The van der Waals surface area contributed by atoms with Gasteiger partial charge in [0.15, 0.2) is 0 Å². The van der Waals surface area contributed by atoms with Crippen LogP contribution >= 0.6 is 12.4 Å². The zero-order chi connectivity index (χ0) is 12.8. The zero-order valence-electron chi connectivity index (χ0n) is 11.1. The summed E-state index contributed by atoms with van der Waals surface area (Å²) in [5.74, 6) is 0.344. The molecule has 19 heavy (non-hydrogen) atoms. The van der Waals surface area contributed by atoms with Gasteiger partial charge in [0.25, 0.3) is 0 Å². The van der Waals surface area contributed by atoms with Crippen molar-refractivity contribution in [2.45, 2.75) is 37.8 Å². The lowest BCUT2D eigenvalue weighted by Crippen LogP contribution is -2.36. The van der Waals surface area contributed by atoms with E-state index < -0.39 is 5.60 Å². The molecule has 0 saturated carbocycles. The molecule has 0 spiro atoms. The summed E-state index contributed by atoms with van der Waals surface area (Å²) in [7, 11) is 0. The van der Waals surface area contributed by atoms with Crippen LogP contribution in [-0.4, -0.2) is 22.5 Å². The number of nitrogens with one attached hydrogen (secondary N) is 1. The van der Waals surface area contributed by atoms with Crippen LogP contribution in [0.3, 0.4) is 0 Å². The summed E-state index contributed by atoms with van der Waals surface area (Å²) >= 11 is 0. The Morgan fingerprint density at radius 1 is 1.32 bits per heavy atom. The highest BCUT2D eigenvalue weighted by atomic mass is 35.5. The molecule has 0 fully saturated rings. The fourth-order valence-corrected chi connectivity index (χ4v) is 2.77. The molecule has 2 unspecified atom stereocenters. The van der Waals surface area contributed by atoms with Gasteiger partial charge in [-0.25, -0.2) is 0 Å². The van der Waals surface area contributed by atoms with Crippen LogP contribution in [0.1, 0.15) is 31.7 Å². The van der Waals surface area contributed by atoms with E-state index in [1.54, 1.807) is 0 Å². The molecule has 0 radical (unpaired) electrons. The molecule has 0 amide bonds. The normalized spacial score (nSPS) is 23.8. The largest absolute Gasteiger partial charge is 0.390 e. The minimum Gasteiger partial charge on any atom is -0.390 e. The van der Waals surface area contributed by atoms with Crippen LogP contribution in [0, 0.1) is 0 Å². The third kappa shape index (κ3) is 2.67. The quantitative estimate of drug-likeness (QED) is 0.873. The second-order valence-corrected chi connectivity index (χ2v) is 5.69. The van der Waals surface area contributed by atoms with Gasteiger partial charge in [-0.15, -0.1) is 12.4 Å². The van der Waals surface area contributed by atoms with Crippen molar-refractivity contribution in [3.8, 4) is 0 Å². The highest BCUT2D eigenvalue weighted by Crippen LogP contribution is 2.39. The monoisotopic (exact) mass is 278 g/mol. The predicted molar refractivity (Wildman–Crippen MR) is 81.3 cm³/mol. The molecule has 4 heteroatoms. The van der Waals surface area contributed by atoms with Gasteiger partial charge in [-0.2, -0.15) is 0 Å². The van der Waals surface area contributed by atoms with Gasteiger partial charge in [-0.3, -0.25) is 4.99 Å². The minimum absolute atomic E-state index is 0. The Morgan fingerprint density at radius 3 is 2.79 bits per heavy atom. The molecule has 2 aliphatic rings. The molecular formula is C15H19ClN2O. The van der Waals surface area contributed by atoms with E-state index in [9.17, 15) is 5.11 Å². The maximum Gasteiger partial charge on any atom is 0.0751 e. The molecule has 3 rings (SSSR count). The van der Waals surface area contributed by atoms with Crippen molar-refractivity contribution in [3.05, 3.63) is 42.1 Å². The van der Waals surface area contributed by atoms with Crippen LogP contribution in [0.4, 0.5) is 5.69 Å². The average molecular weight is 279 g/mol. The minimum atomic E-state index is -0.717. The fourth-order valence-electron chi connectivity index (χ4n) is 2.77. The van der Waals surface area contributed by atoms with Crippen molar-refractivity contribution < 1.29 is 5.11 Å². The number of aliphatic hydroxyl groups is 1. The summed E-state index contributed by atoms with van der Waals surface area (Å²) < 4.78 is 0. The Morgan fingerprint density at radius 2 is 2.05 bits per heavy atom. The molecular weight excluding hydrogens is 260 g/mol. The zero-order valence-corrected chi connectivity index (χ0v) is 11.9. The van der Waals surface area contributed by atoms with E-state index in [-0.39, 0.29) is 18.4 Å². The number of fused-ring (bicyclic) bond motifs is 3. The van der Waals surface area contributed by atoms with Crippen molar-refractivity contribution in [1.29, 1.82) is 0 Å². The first-order valence-electron chi connectivity index (χ1n) is 6.36. The summed E-state index contributed by atoms with van der Waals surface area (Å²) in [6.07, 6.45) is 4.60. The Balaban J connectivity index is 0.00000133. The number of anilines is 1. The highest BCUT2D eigenvalue weighted by molar-refractivity contribution is 5.97. The number of hydrogen-bond donors (Lipinski definition) is 2. The summed E-state index contributed by atoms with van der Waals surface area (Å²) in [5.41, 5.74) is 2.82. The van der Waals surface area contributed by atoms with E-state index in [1.807, 2.05) is 26.1 Å². The van der Waals surface area contributed by atoms with E-state index >= 15 is 0 Å². The summed E-state index contributed by atoms with van der Waals surface area (Å²) in [6.45, 7) is 3.65. The fraction of sp³-hybridized carbons (Fsp3) is 0.400. The van der Waals surface area contributed by atoms with Crippen LogP contribution in [-0.2, 0) is 0 Å². The standard InChI is InChI=1S/C15H18N2O.ClH/c1-15(2,18)9-13-14-11(7-8-16-13)10-5-3-4-6-12(10)17-14;/h3-8,11,14,17-18H,9H2,1-2H3;1H. The Bertz CT molecular complexity index is 531. The van der Waals surface area contributed by atoms with Gasteiger partial charge in [-0.1, -0.05) is 24.3 Å². The van der Waals surface area contributed by atoms with Crippen LogP contribution in [0.2, 0.25) is 0 Å². The second kappa shape index (κ2) is 4.99. The maximum absolute atomic E-state index is 9.97. The van der Waals surface area contributed by atoms with E-state index in [4.69, 9.17) is 0 Å². The van der Waals surface area contributed by atoms with Crippen molar-refractivity contribution in [2.75, 3.05) is 5.32 Å². The van der Waals surface area contributed by atoms with Gasteiger partial charge in [0.2, 0.25) is 0 Å². The smallest absolute Gasteiger partial charge is 0.0751 e. The number of benzene rings is 1. The highest BCUT2D eigenvalue weighted by Gasteiger charge is 2.36. The van der Waals surface area contributed by atoms with Crippen molar-refractivity contribution in [2.24, 2.45) is 4.99 Å². The molecule has 2 heterocycles. The van der Waals surface area contributed by atoms with E-state index in [1.165, 1.54) is 11.3 Å². The van der Waals surface area contributed by atoms with Crippen molar-refractivity contribution >= 4 is 23.8 Å². The van der Waals surface area contributed by atoms with Gasteiger partial charge in [0, 0.05) is 29.9 Å². The molecule has 0 saturated heterocycles. The molecule has 102 valence electrons. The topological polar surface area (TPSA) is 44.6 Å². The van der Waals surface area contributed by atoms with Crippen LogP contribution in [0.5, 0.6) is 0 Å². The number of nitrogens with zero attached hydrogens (tertiary/aromatic N) is 1. The first-order valence-corrected chi connectivity index (χ1v) is 6.36. The first kappa shape index (κ1) is 14.1. The lowest BCUT2D eigenvalue weighted by Gasteiger charge is -2.27. The third-order valence-corrected chi connectivity index (χ3v) is 3.50. The Kier molecular flexibility index (Phi) is 3.70. The average Bonchev–Trinajstić information content (AvgIpc) is 2.67. The molecule has 2 N–H and O–H groups in total. The van der Waals surface area contributed by atoms with Gasteiger partial charge in [0.1, 0.15) is 0 Å². The number of halogens is 1. The van der Waals surface area contributed by atoms with Gasteiger partial charge >= 0.3 is 0 Å². The number of rotatable bonds is 2. The molecule has 2 aliphatic heterocycles. The first-order chi connectivity index (χ1) is 8.54. The Labute approximate surface area is 119 Å². The Hall–Kier alpha value is -1.32. The summed E-state index contributed by atoms with van der Waals surface area (Å²) in [4.78, 5) is 4.45. The van der Waals surface area contributed by atoms with Gasteiger partial charge < -0.3 is 10.4 Å². The lowest BCUT2D eigenvalue weighted by atomic mass is 9.86. The SMILES string of the molecule is CC(C)(O)CC1=NC=CC2c3ccccc3NC12.Cl. The van der Waals surface area contributed by atoms with Gasteiger partial charge in [0.05, 0.1) is 11.6 Å². The summed E-state index contributed by atoms with van der Waals surface area (Å²) in [5, 5.41) is 13.5. The number of aliphatic imine (C=N–C) groups is 1. The summed E-state index contributed by atoms with van der Waals surface area (Å²) in [6, 6.07) is 8.56. The van der Waals surface area contributed by atoms with E-state index in [2.05, 4.69) is 34.6 Å². The molecule has 0 bridgehead atoms. The molecule has 0 aromatic heterocycles. The van der Waals surface area contributed by atoms with Crippen LogP contribution < -0.4 is 5.32 Å².